The molecule has 0 bridgehead atoms. The zero-order valence-corrected chi connectivity index (χ0v) is 10.3. The second-order valence-corrected chi connectivity index (χ2v) is 4.76. The molecule has 17 heavy (non-hydrogen) atoms. The molecule has 0 saturated carbocycles. The van der Waals surface area contributed by atoms with Crippen molar-refractivity contribution in [1.29, 1.82) is 0 Å². The Balaban J connectivity index is 1.78. The molecule has 2 rings (SSSR count). The number of hydrogen-bond acceptors (Lipinski definition) is 3. The van der Waals surface area contributed by atoms with Crippen LogP contribution in [-0.4, -0.2) is 12.1 Å². The first-order valence-corrected chi connectivity index (χ1v) is 6.24. The Morgan fingerprint density at radius 2 is 2.41 bits per heavy atom. The van der Waals surface area contributed by atoms with E-state index in [4.69, 9.17) is 4.42 Å². The van der Waals surface area contributed by atoms with E-state index in [1.165, 1.54) is 11.3 Å². The van der Waals surface area contributed by atoms with E-state index in [-0.39, 0.29) is 12.1 Å². The zero-order valence-electron chi connectivity index (χ0n) is 9.47. The van der Waals surface area contributed by atoms with Gasteiger partial charge < -0.3 is 9.73 Å². The molecular formula is C12H14N2O2S. The van der Waals surface area contributed by atoms with Gasteiger partial charge in [-0.25, -0.2) is 4.79 Å². The molecule has 2 aromatic heterocycles. The minimum atomic E-state index is -0.177. The Hall–Kier alpha value is -1.75. The van der Waals surface area contributed by atoms with E-state index in [2.05, 4.69) is 10.6 Å². The molecule has 2 aromatic rings. The van der Waals surface area contributed by atoms with Crippen LogP contribution in [0.5, 0.6) is 0 Å². The van der Waals surface area contributed by atoms with Crippen LogP contribution in [0.25, 0.3) is 0 Å². The van der Waals surface area contributed by atoms with Gasteiger partial charge in [-0.2, -0.15) is 0 Å². The molecule has 0 aliphatic heterocycles. The summed E-state index contributed by atoms with van der Waals surface area (Å²) < 4.78 is 4.98. The van der Waals surface area contributed by atoms with Gasteiger partial charge in [0.05, 0.1) is 17.5 Å². The van der Waals surface area contributed by atoms with Crippen molar-refractivity contribution in [2.24, 2.45) is 0 Å². The van der Waals surface area contributed by atoms with Crippen LogP contribution in [0.1, 0.15) is 12.5 Å². The number of furan rings is 1. The van der Waals surface area contributed by atoms with Crippen molar-refractivity contribution in [3.63, 3.8) is 0 Å². The fourth-order valence-corrected chi connectivity index (χ4v) is 2.15. The van der Waals surface area contributed by atoms with E-state index >= 15 is 0 Å². The number of amides is 2. The number of thiophene rings is 1. The van der Waals surface area contributed by atoms with Gasteiger partial charge in [0.2, 0.25) is 0 Å². The van der Waals surface area contributed by atoms with Crippen LogP contribution in [0.15, 0.2) is 40.5 Å². The molecule has 2 N–H and O–H groups in total. The Morgan fingerprint density at radius 1 is 1.53 bits per heavy atom. The normalized spacial score (nSPS) is 12.1. The summed E-state index contributed by atoms with van der Waals surface area (Å²) in [6.45, 7) is 1.96. The molecule has 0 spiro atoms. The van der Waals surface area contributed by atoms with Crippen LogP contribution in [0.2, 0.25) is 0 Å². The van der Waals surface area contributed by atoms with Crippen LogP contribution in [0.4, 0.5) is 9.80 Å². The predicted octanol–water partition coefficient (Wildman–Crippen LogP) is 3.09. The highest BCUT2D eigenvalue weighted by Crippen LogP contribution is 2.14. The van der Waals surface area contributed by atoms with E-state index in [1.807, 2.05) is 30.5 Å². The highest BCUT2D eigenvalue weighted by Gasteiger charge is 2.09. The number of rotatable bonds is 4. The molecule has 2 heterocycles. The Bertz CT molecular complexity index is 451. The molecule has 0 aromatic carbocycles. The third-order valence-corrected chi connectivity index (χ3v) is 3.04. The van der Waals surface area contributed by atoms with Crippen LogP contribution < -0.4 is 10.6 Å². The average Bonchev–Trinajstić information content (AvgIpc) is 2.90. The minimum Gasteiger partial charge on any atom is -0.472 e. The van der Waals surface area contributed by atoms with E-state index < -0.39 is 0 Å². The SMILES string of the molecule is C[C@@H](Cc1ccoc1)NC(=O)Nc1cccs1. The van der Waals surface area contributed by atoms with Crippen molar-refractivity contribution in [1.82, 2.24) is 5.32 Å². The number of anilines is 1. The quantitative estimate of drug-likeness (QED) is 0.876. The summed E-state index contributed by atoms with van der Waals surface area (Å²) in [7, 11) is 0. The molecule has 5 heteroatoms. The topological polar surface area (TPSA) is 54.3 Å². The summed E-state index contributed by atoms with van der Waals surface area (Å²) in [5, 5.41) is 8.42. The lowest BCUT2D eigenvalue weighted by molar-refractivity contribution is 0.249. The van der Waals surface area contributed by atoms with Gasteiger partial charge in [0, 0.05) is 6.04 Å². The highest BCUT2D eigenvalue weighted by molar-refractivity contribution is 7.14. The van der Waals surface area contributed by atoms with Crippen molar-refractivity contribution < 1.29 is 9.21 Å². The van der Waals surface area contributed by atoms with Crippen LogP contribution in [0.3, 0.4) is 0 Å². The van der Waals surface area contributed by atoms with E-state index in [0.29, 0.717) is 0 Å². The number of carbonyl (C=O) groups excluding carboxylic acids is 1. The molecule has 0 fully saturated rings. The first kappa shape index (κ1) is 11.7. The molecule has 0 unspecified atom stereocenters. The molecule has 0 saturated heterocycles. The van der Waals surface area contributed by atoms with Crippen molar-refractivity contribution in [2.75, 3.05) is 5.32 Å². The van der Waals surface area contributed by atoms with Gasteiger partial charge in [-0.05, 0) is 42.5 Å². The van der Waals surface area contributed by atoms with Crippen LogP contribution >= 0.6 is 11.3 Å². The zero-order chi connectivity index (χ0) is 12.1. The molecule has 90 valence electrons. The molecule has 0 aliphatic carbocycles. The van der Waals surface area contributed by atoms with Gasteiger partial charge in [0.15, 0.2) is 0 Å². The second-order valence-electron chi connectivity index (χ2n) is 3.81. The Labute approximate surface area is 104 Å². The van der Waals surface area contributed by atoms with Crippen molar-refractivity contribution >= 4 is 22.4 Å². The van der Waals surface area contributed by atoms with E-state index in [0.717, 1.165) is 17.0 Å². The van der Waals surface area contributed by atoms with Crippen LogP contribution in [-0.2, 0) is 6.42 Å². The maximum absolute atomic E-state index is 11.6. The second kappa shape index (κ2) is 5.54. The van der Waals surface area contributed by atoms with Gasteiger partial charge in [-0.1, -0.05) is 0 Å². The summed E-state index contributed by atoms with van der Waals surface area (Å²) in [6.07, 6.45) is 4.08. The molecule has 0 radical (unpaired) electrons. The van der Waals surface area contributed by atoms with Crippen molar-refractivity contribution in [3.8, 4) is 0 Å². The number of nitrogens with one attached hydrogen (secondary N) is 2. The molecule has 1 atom stereocenters. The van der Waals surface area contributed by atoms with Crippen molar-refractivity contribution in [2.45, 2.75) is 19.4 Å². The summed E-state index contributed by atoms with van der Waals surface area (Å²) in [4.78, 5) is 11.6. The number of hydrogen-bond donors (Lipinski definition) is 2. The summed E-state index contributed by atoms with van der Waals surface area (Å²) >= 11 is 1.50. The van der Waals surface area contributed by atoms with Crippen molar-refractivity contribution in [3.05, 3.63) is 41.7 Å². The number of carbonyl (C=O) groups is 1. The minimum absolute atomic E-state index is 0.0626. The summed E-state index contributed by atoms with van der Waals surface area (Å²) in [5.41, 5.74) is 1.08. The lowest BCUT2D eigenvalue weighted by atomic mass is 10.1. The third kappa shape index (κ3) is 3.64. The first-order valence-electron chi connectivity index (χ1n) is 5.36. The fraction of sp³-hybridized carbons (Fsp3) is 0.250. The monoisotopic (exact) mass is 250 g/mol. The van der Waals surface area contributed by atoms with Crippen LogP contribution in [0, 0.1) is 0 Å². The summed E-state index contributed by atoms with van der Waals surface area (Å²) in [5.74, 6) is 0. The van der Waals surface area contributed by atoms with Gasteiger partial charge in [-0.15, -0.1) is 11.3 Å². The maximum Gasteiger partial charge on any atom is 0.320 e. The Morgan fingerprint density at radius 3 is 3.06 bits per heavy atom. The number of urea groups is 1. The van der Waals surface area contributed by atoms with Gasteiger partial charge in [0.1, 0.15) is 0 Å². The lowest BCUT2D eigenvalue weighted by Gasteiger charge is -2.12. The van der Waals surface area contributed by atoms with Gasteiger partial charge >= 0.3 is 6.03 Å². The average molecular weight is 250 g/mol. The molecule has 0 aliphatic rings. The Kier molecular flexibility index (Phi) is 3.82. The lowest BCUT2D eigenvalue weighted by Crippen LogP contribution is -2.37. The molecule has 2 amide bonds. The largest absolute Gasteiger partial charge is 0.472 e. The van der Waals surface area contributed by atoms with Gasteiger partial charge in [0.25, 0.3) is 0 Å². The summed E-state index contributed by atoms with van der Waals surface area (Å²) in [6, 6.07) is 5.55. The highest BCUT2D eigenvalue weighted by atomic mass is 32.1. The fourth-order valence-electron chi connectivity index (χ4n) is 1.53. The maximum atomic E-state index is 11.6. The first-order chi connectivity index (χ1) is 8.24. The standard InChI is InChI=1S/C12H14N2O2S/c1-9(7-10-4-5-16-8-10)13-12(15)14-11-3-2-6-17-11/h2-6,8-9H,7H2,1H3,(H2,13,14,15)/t9-/m0/s1. The molecular weight excluding hydrogens is 236 g/mol. The van der Waals surface area contributed by atoms with E-state index in [1.54, 1.807) is 12.5 Å². The van der Waals surface area contributed by atoms with Gasteiger partial charge in [-0.3, -0.25) is 5.32 Å². The van der Waals surface area contributed by atoms with E-state index in [9.17, 15) is 4.79 Å². The smallest absolute Gasteiger partial charge is 0.320 e. The predicted molar refractivity (Wildman–Crippen MR) is 68.3 cm³/mol. The third-order valence-electron chi connectivity index (χ3n) is 2.26. The molecule has 4 nitrogen and oxygen atoms in total.